The highest BCUT2D eigenvalue weighted by Crippen LogP contribution is 2.34. The zero-order chi connectivity index (χ0) is 23.5. The van der Waals surface area contributed by atoms with Crippen LogP contribution in [-0.2, 0) is 12.3 Å². The van der Waals surface area contributed by atoms with Crippen LogP contribution in [-0.4, -0.2) is 19.7 Å². The average Bonchev–Trinajstić information content (AvgIpc) is 3.26. The lowest BCUT2D eigenvalue weighted by atomic mass is 10.0. The fourth-order valence-electron chi connectivity index (χ4n) is 3.81. The van der Waals surface area contributed by atoms with Crippen LogP contribution in [0.25, 0.3) is 33.5 Å². The first-order valence-electron chi connectivity index (χ1n) is 10.7. The molecule has 0 spiro atoms. The molecule has 0 amide bonds. The maximum Gasteiger partial charge on any atom is 0.192 e. The van der Waals surface area contributed by atoms with Crippen molar-refractivity contribution in [2.24, 2.45) is 0 Å². The van der Waals surface area contributed by atoms with Crippen LogP contribution in [0, 0.1) is 11.6 Å². The zero-order valence-corrected chi connectivity index (χ0v) is 19.0. The minimum absolute atomic E-state index is 0.0166. The van der Waals surface area contributed by atoms with E-state index in [1.807, 2.05) is 65.2 Å². The van der Waals surface area contributed by atoms with Crippen molar-refractivity contribution in [2.75, 3.05) is 0 Å². The molecule has 3 aromatic carbocycles. The predicted molar refractivity (Wildman–Crippen MR) is 132 cm³/mol. The molecule has 0 aliphatic rings. The van der Waals surface area contributed by atoms with Crippen molar-refractivity contribution >= 4 is 22.7 Å². The number of thioether (sulfide) groups is 1. The molecule has 34 heavy (non-hydrogen) atoms. The van der Waals surface area contributed by atoms with Crippen molar-refractivity contribution in [3.05, 3.63) is 109 Å². The third-order valence-electron chi connectivity index (χ3n) is 5.46. The van der Waals surface area contributed by atoms with Gasteiger partial charge >= 0.3 is 0 Å². The van der Waals surface area contributed by atoms with E-state index in [0.717, 1.165) is 27.7 Å². The summed E-state index contributed by atoms with van der Waals surface area (Å²) in [7, 11) is 0. The smallest absolute Gasteiger partial charge is 0.192 e. The van der Waals surface area contributed by atoms with Crippen molar-refractivity contribution < 1.29 is 8.78 Å². The van der Waals surface area contributed by atoms with E-state index in [-0.39, 0.29) is 11.3 Å². The summed E-state index contributed by atoms with van der Waals surface area (Å²) >= 11 is 1.24. The Morgan fingerprint density at radius 2 is 1.62 bits per heavy atom. The second kappa shape index (κ2) is 9.57. The summed E-state index contributed by atoms with van der Waals surface area (Å²) in [6.07, 6.45) is 1.75. The Labute approximate surface area is 200 Å². The average molecular weight is 471 g/mol. The third-order valence-corrected chi connectivity index (χ3v) is 6.46. The molecule has 0 aliphatic heterocycles. The predicted octanol–water partition coefficient (Wildman–Crippen LogP) is 6.92. The molecule has 0 fully saturated rings. The first kappa shape index (κ1) is 22.0. The SMILES string of the molecule is C=CCn1c(SCc2c(F)cccc2F)nnc1-c1cc(-c2ccccc2)nc2ccccc12. The highest BCUT2D eigenvalue weighted by Gasteiger charge is 2.19. The minimum Gasteiger partial charge on any atom is -0.298 e. The molecule has 2 heterocycles. The van der Waals surface area contributed by atoms with Crippen LogP contribution < -0.4 is 0 Å². The van der Waals surface area contributed by atoms with Gasteiger partial charge in [-0.2, -0.15) is 0 Å². The molecule has 0 bridgehead atoms. The number of aromatic nitrogens is 4. The molecule has 0 atom stereocenters. The topological polar surface area (TPSA) is 43.6 Å². The van der Waals surface area contributed by atoms with Gasteiger partial charge in [0.15, 0.2) is 11.0 Å². The van der Waals surface area contributed by atoms with E-state index < -0.39 is 11.6 Å². The second-order valence-electron chi connectivity index (χ2n) is 7.63. The van der Waals surface area contributed by atoms with E-state index in [1.165, 1.54) is 30.0 Å². The molecule has 5 aromatic rings. The molecule has 0 unspecified atom stereocenters. The van der Waals surface area contributed by atoms with Gasteiger partial charge in [0, 0.05) is 34.4 Å². The Kier molecular flexibility index (Phi) is 6.18. The quantitative estimate of drug-likeness (QED) is 0.191. The van der Waals surface area contributed by atoms with E-state index in [4.69, 9.17) is 4.98 Å². The Bertz CT molecular complexity index is 1460. The van der Waals surface area contributed by atoms with E-state index in [2.05, 4.69) is 16.8 Å². The molecule has 168 valence electrons. The van der Waals surface area contributed by atoms with Gasteiger partial charge in [-0.05, 0) is 24.3 Å². The van der Waals surface area contributed by atoms with Crippen molar-refractivity contribution in [3.63, 3.8) is 0 Å². The fraction of sp³-hybridized carbons (Fsp3) is 0.0741. The Morgan fingerprint density at radius 3 is 2.38 bits per heavy atom. The number of benzene rings is 3. The van der Waals surface area contributed by atoms with Crippen LogP contribution in [0.15, 0.2) is 96.7 Å². The van der Waals surface area contributed by atoms with Crippen LogP contribution in [0.5, 0.6) is 0 Å². The van der Waals surface area contributed by atoms with Crippen molar-refractivity contribution in [1.82, 2.24) is 19.7 Å². The Balaban J connectivity index is 1.61. The number of nitrogens with zero attached hydrogens (tertiary/aromatic N) is 4. The van der Waals surface area contributed by atoms with E-state index in [1.54, 1.807) is 6.08 Å². The van der Waals surface area contributed by atoms with Gasteiger partial charge in [0.1, 0.15) is 11.6 Å². The summed E-state index contributed by atoms with van der Waals surface area (Å²) in [5, 5.41) is 10.3. The van der Waals surface area contributed by atoms with Gasteiger partial charge in [0.25, 0.3) is 0 Å². The molecule has 4 nitrogen and oxygen atoms in total. The lowest BCUT2D eigenvalue weighted by Gasteiger charge is -2.12. The summed E-state index contributed by atoms with van der Waals surface area (Å²) in [5.74, 6) is -0.405. The van der Waals surface area contributed by atoms with Crippen LogP contribution in [0.2, 0.25) is 0 Å². The summed E-state index contributed by atoms with van der Waals surface area (Å²) in [6, 6.07) is 23.7. The molecule has 0 saturated heterocycles. The van der Waals surface area contributed by atoms with Gasteiger partial charge in [-0.25, -0.2) is 13.8 Å². The summed E-state index contributed by atoms with van der Waals surface area (Å²) < 4.78 is 30.2. The lowest BCUT2D eigenvalue weighted by molar-refractivity contribution is 0.566. The fourth-order valence-corrected chi connectivity index (χ4v) is 4.78. The molecular weight excluding hydrogens is 450 g/mol. The van der Waals surface area contributed by atoms with Crippen LogP contribution >= 0.6 is 11.8 Å². The molecule has 7 heteroatoms. The summed E-state index contributed by atoms with van der Waals surface area (Å²) in [4.78, 5) is 4.84. The molecule has 2 aromatic heterocycles. The Morgan fingerprint density at radius 1 is 0.882 bits per heavy atom. The van der Waals surface area contributed by atoms with E-state index in [0.29, 0.717) is 17.5 Å². The number of hydrogen-bond donors (Lipinski definition) is 0. The van der Waals surface area contributed by atoms with Crippen molar-refractivity contribution in [3.8, 4) is 22.6 Å². The maximum absolute atomic E-state index is 14.1. The number of hydrogen-bond acceptors (Lipinski definition) is 4. The van der Waals surface area contributed by atoms with Gasteiger partial charge in [-0.3, -0.25) is 4.57 Å². The number of allylic oxidation sites excluding steroid dienone is 1. The molecule has 0 saturated carbocycles. The number of halogens is 2. The zero-order valence-electron chi connectivity index (χ0n) is 18.2. The normalized spacial score (nSPS) is 11.1. The maximum atomic E-state index is 14.1. The van der Waals surface area contributed by atoms with Gasteiger partial charge in [-0.15, -0.1) is 16.8 Å². The van der Waals surface area contributed by atoms with Gasteiger partial charge < -0.3 is 0 Å². The van der Waals surface area contributed by atoms with Crippen molar-refractivity contribution in [1.29, 1.82) is 0 Å². The molecule has 0 aliphatic carbocycles. The van der Waals surface area contributed by atoms with Crippen LogP contribution in [0.3, 0.4) is 0 Å². The first-order valence-corrected chi connectivity index (χ1v) is 11.7. The van der Waals surface area contributed by atoms with E-state index >= 15 is 0 Å². The monoisotopic (exact) mass is 470 g/mol. The third kappa shape index (κ3) is 4.22. The summed E-state index contributed by atoms with van der Waals surface area (Å²) in [5.41, 5.74) is 3.55. The molecular formula is C27H20F2N4S. The van der Waals surface area contributed by atoms with Crippen molar-refractivity contribution in [2.45, 2.75) is 17.5 Å². The highest BCUT2D eigenvalue weighted by atomic mass is 32.2. The second-order valence-corrected chi connectivity index (χ2v) is 8.58. The number of pyridine rings is 1. The minimum atomic E-state index is -0.574. The Hall–Kier alpha value is -3.84. The number of rotatable bonds is 7. The molecule has 0 radical (unpaired) electrons. The van der Waals surface area contributed by atoms with Gasteiger partial charge in [-0.1, -0.05) is 72.4 Å². The first-order chi connectivity index (χ1) is 16.7. The summed E-state index contributed by atoms with van der Waals surface area (Å²) in [6.45, 7) is 4.31. The number of para-hydroxylation sites is 1. The van der Waals surface area contributed by atoms with Crippen LogP contribution in [0.1, 0.15) is 5.56 Å². The van der Waals surface area contributed by atoms with E-state index in [9.17, 15) is 8.78 Å². The standard InChI is InChI=1S/C27H20F2N4S/c1-2-15-33-26(31-32-27(33)34-17-21-22(28)12-8-13-23(21)29)20-16-25(18-9-4-3-5-10-18)30-24-14-7-6-11-19(20)24/h2-14,16H,1,15,17H2. The number of fused-ring (bicyclic) bond motifs is 1. The molecule has 0 N–H and O–H groups in total. The van der Waals surface area contributed by atoms with Crippen LogP contribution in [0.4, 0.5) is 8.78 Å². The van der Waals surface area contributed by atoms with Gasteiger partial charge in [0.05, 0.1) is 11.2 Å². The van der Waals surface area contributed by atoms with Gasteiger partial charge in [0.2, 0.25) is 0 Å². The highest BCUT2D eigenvalue weighted by molar-refractivity contribution is 7.98. The largest absolute Gasteiger partial charge is 0.298 e. The molecule has 5 rings (SSSR count). The lowest BCUT2D eigenvalue weighted by Crippen LogP contribution is -2.02.